The van der Waals surface area contributed by atoms with Crippen LogP contribution in [0.5, 0.6) is 0 Å². The van der Waals surface area contributed by atoms with Crippen molar-refractivity contribution in [2.45, 2.75) is 0 Å². The van der Waals surface area contributed by atoms with Gasteiger partial charge >= 0.3 is 5.97 Å². The van der Waals surface area contributed by atoms with Crippen LogP contribution in [-0.2, 0) is 4.74 Å². The number of para-hydroxylation sites is 1. The largest absolute Gasteiger partial charge is 0.465 e. The average molecular weight is 268 g/mol. The van der Waals surface area contributed by atoms with Gasteiger partial charge in [0.25, 0.3) is 5.52 Å². The highest BCUT2D eigenvalue weighted by atomic mass is 16.5. The fourth-order valence-corrected chi connectivity index (χ4v) is 2.42. The van der Waals surface area contributed by atoms with Crippen LogP contribution in [0.15, 0.2) is 36.8 Å². The molecule has 0 unspecified atom stereocenters. The Kier molecular flexibility index (Phi) is 2.06. The van der Waals surface area contributed by atoms with Crippen molar-refractivity contribution < 1.29 is 14.2 Å². The van der Waals surface area contributed by atoms with E-state index in [-0.39, 0.29) is 5.97 Å². The minimum atomic E-state index is -0.379. The van der Waals surface area contributed by atoms with Crippen LogP contribution in [0.4, 0.5) is 0 Å². The van der Waals surface area contributed by atoms with Gasteiger partial charge in [-0.3, -0.25) is 0 Å². The van der Waals surface area contributed by atoms with Gasteiger partial charge in [-0.2, -0.15) is 0 Å². The number of hydrogen-bond acceptors (Lipinski definition) is 4. The second kappa shape index (κ2) is 3.77. The van der Waals surface area contributed by atoms with Crippen LogP contribution in [0, 0.1) is 0 Å². The van der Waals surface area contributed by atoms with Gasteiger partial charge in [0.05, 0.1) is 18.7 Å². The molecule has 20 heavy (non-hydrogen) atoms. The van der Waals surface area contributed by atoms with Crippen LogP contribution in [0.2, 0.25) is 0 Å². The molecule has 7 nitrogen and oxygen atoms in total. The molecule has 98 valence electrons. The first kappa shape index (κ1) is 10.9. The van der Waals surface area contributed by atoms with Gasteiger partial charge in [-0.1, -0.05) is 10.6 Å². The summed E-state index contributed by atoms with van der Waals surface area (Å²) < 4.78 is 8.39. The van der Waals surface area contributed by atoms with Gasteiger partial charge in [0.15, 0.2) is 0 Å². The number of nitrogens with zero attached hydrogens (tertiary/aromatic N) is 4. The van der Waals surface area contributed by atoms with E-state index in [9.17, 15) is 4.79 Å². The zero-order valence-corrected chi connectivity index (χ0v) is 10.6. The van der Waals surface area contributed by atoms with Gasteiger partial charge in [-0.15, -0.1) is 5.10 Å². The summed E-state index contributed by atoms with van der Waals surface area (Å²) in [6.07, 6.45) is 5.14. The van der Waals surface area contributed by atoms with Gasteiger partial charge < -0.3 is 4.74 Å². The minimum Gasteiger partial charge on any atom is -0.465 e. The Morgan fingerprint density at radius 2 is 2.20 bits per heavy atom. The van der Waals surface area contributed by atoms with E-state index in [2.05, 4.69) is 15.1 Å². The zero-order valence-electron chi connectivity index (χ0n) is 10.6. The predicted octanol–water partition coefficient (Wildman–Crippen LogP) is 0.736. The molecule has 3 aromatic heterocycles. The van der Waals surface area contributed by atoms with Gasteiger partial charge in [0, 0.05) is 17.0 Å². The van der Waals surface area contributed by atoms with Crippen molar-refractivity contribution in [3.63, 3.8) is 0 Å². The predicted molar refractivity (Wildman–Crippen MR) is 69.3 cm³/mol. The summed E-state index contributed by atoms with van der Waals surface area (Å²) in [7, 11) is 1.37. The molecule has 0 aliphatic heterocycles. The summed E-state index contributed by atoms with van der Waals surface area (Å²) in [4.78, 5) is 20.4. The van der Waals surface area contributed by atoms with Gasteiger partial charge in [-0.25, -0.2) is 14.8 Å². The maximum absolute atomic E-state index is 11.9. The van der Waals surface area contributed by atoms with E-state index in [1.807, 2.05) is 22.8 Å². The average Bonchev–Trinajstić information content (AvgIpc) is 3.02. The summed E-state index contributed by atoms with van der Waals surface area (Å²) in [5.41, 5.74) is 2.57. The lowest BCUT2D eigenvalue weighted by Crippen LogP contribution is -2.29. The third kappa shape index (κ3) is 1.28. The lowest BCUT2D eigenvalue weighted by atomic mass is 10.1. The smallest absolute Gasteiger partial charge is 0.344 e. The number of nitrogens with one attached hydrogen (secondary N) is 1. The summed E-state index contributed by atoms with van der Waals surface area (Å²) in [6, 6.07) is 5.48. The number of methoxy groups -OCH3 is 1. The van der Waals surface area contributed by atoms with Gasteiger partial charge in [-0.05, 0) is 12.1 Å². The van der Waals surface area contributed by atoms with E-state index in [1.54, 1.807) is 23.1 Å². The molecule has 0 fully saturated rings. The Morgan fingerprint density at radius 1 is 1.35 bits per heavy atom. The molecule has 0 atom stereocenters. The molecule has 0 radical (unpaired) electrons. The summed E-state index contributed by atoms with van der Waals surface area (Å²) in [6.45, 7) is 0. The summed E-state index contributed by atoms with van der Waals surface area (Å²) in [5, 5.41) is 4.03. The number of ether oxygens (including phenoxy) is 1. The first-order valence-corrected chi connectivity index (χ1v) is 6.03. The van der Waals surface area contributed by atoms with Crippen LogP contribution in [0.3, 0.4) is 0 Å². The number of carbonyl (C=O) groups excluding carboxylic acids is 1. The highest BCUT2D eigenvalue weighted by Crippen LogP contribution is 2.17. The maximum Gasteiger partial charge on any atom is 0.344 e. The van der Waals surface area contributed by atoms with Crippen molar-refractivity contribution in [2.24, 2.45) is 0 Å². The van der Waals surface area contributed by atoms with Gasteiger partial charge in [0.1, 0.15) is 5.56 Å². The SMILES string of the molecule is COC(=O)c1cccc2cn3c4nccnc4[nH][n+]3c12. The second-order valence-corrected chi connectivity index (χ2v) is 4.36. The third-order valence-corrected chi connectivity index (χ3v) is 3.27. The molecule has 0 saturated heterocycles. The Labute approximate surface area is 112 Å². The lowest BCUT2D eigenvalue weighted by Gasteiger charge is -1.95. The van der Waals surface area contributed by atoms with Crippen molar-refractivity contribution in [2.75, 3.05) is 7.11 Å². The second-order valence-electron chi connectivity index (χ2n) is 4.36. The molecule has 7 heteroatoms. The molecule has 4 aromatic rings. The van der Waals surface area contributed by atoms with E-state index in [1.165, 1.54) is 7.11 Å². The topological polar surface area (TPSA) is 76.4 Å². The van der Waals surface area contributed by atoms with Crippen LogP contribution in [0.25, 0.3) is 22.2 Å². The number of rotatable bonds is 1. The number of benzene rings is 1. The molecule has 1 aromatic carbocycles. The fraction of sp³-hybridized carbons (Fsp3) is 0.0769. The Bertz CT molecular complexity index is 969. The molecule has 0 aliphatic rings. The monoisotopic (exact) mass is 268 g/mol. The molecular formula is C13H10N5O2+. The Morgan fingerprint density at radius 3 is 3.05 bits per heavy atom. The quantitative estimate of drug-likeness (QED) is 0.408. The number of aromatic amines is 1. The maximum atomic E-state index is 11.9. The van der Waals surface area contributed by atoms with E-state index in [0.717, 1.165) is 10.9 Å². The number of carbonyl (C=O) groups is 1. The summed E-state index contributed by atoms with van der Waals surface area (Å²) in [5.74, 6) is -0.379. The number of esters is 1. The highest BCUT2D eigenvalue weighted by molar-refractivity contribution is 6.01. The van der Waals surface area contributed by atoms with Crippen LogP contribution in [-0.4, -0.2) is 32.7 Å². The minimum absolute atomic E-state index is 0.379. The first-order chi connectivity index (χ1) is 9.79. The van der Waals surface area contributed by atoms with Crippen molar-refractivity contribution in [1.82, 2.24) is 19.6 Å². The standard InChI is InChI=1S/C13H10N5O2/c1-20-13(19)9-4-2-3-8-7-17-12-11(14-5-6-15-12)16-18(17)10(8)9/h2-7H,1H3,(H,14,16)/q+1. The zero-order chi connectivity index (χ0) is 13.7. The number of fused-ring (bicyclic) bond motifs is 5. The molecule has 4 rings (SSSR count). The van der Waals surface area contributed by atoms with Gasteiger partial charge in [0.2, 0.25) is 11.3 Å². The molecule has 0 saturated carbocycles. The molecule has 1 N–H and O–H groups in total. The first-order valence-electron chi connectivity index (χ1n) is 6.03. The number of H-pyrrole nitrogens is 1. The fourth-order valence-electron chi connectivity index (χ4n) is 2.42. The van der Waals surface area contributed by atoms with Crippen molar-refractivity contribution >= 4 is 28.2 Å². The lowest BCUT2D eigenvalue weighted by molar-refractivity contribution is -0.644. The molecule has 0 bridgehead atoms. The Hall–Kier alpha value is -2.96. The third-order valence-electron chi connectivity index (χ3n) is 3.27. The van der Waals surface area contributed by atoms with Crippen molar-refractivity contribution in [3.05, 3.63) is 42.4 Å². The van der Waals surface area contributed by atoms with E-state index < -0.39 is 0 Å². The van der Waals surface area contributed by atoms with Crippen LogP contribution < -0.4 is 4.63 Å². The van der Waals surface area contributed by atoms with E-state index in [4.69, 9.17) is 4.74 Å². The van der Waals surface area contributed by atoms with Crippen LogP contribution >= 0.6 is 0 Å². The number of aromatic nitrogens is 5. The normalized spacial score (nSPS) is 11.4. The van der Waals surface area contributed by atoms with Crippen molar-refractivity contribution in [1.29, 1.82) is 0 Å². The highest BCUT2D eigenvalue weighted by Gasteiger charge is 2.25. The molecule has 0 aliphatic carbocycles. The van der Waals surface area contributed by atoms with Crippen molar-refractivity contribution in [3.8, 4) is 0 Å². The molecule has 3 heterocycles. The number of hydrogen-bond donors (Lipinski definition) is 1. The van der Waals surface area contributed by atoms with E-state index in [0.29, 0.717) is 16.9 Å². The molecular weight excluding hydrogens is 258 g/mol. The molecule has 0 spiro atoms. The van der Waals surface area contributed by atoms with E-state index >= 15 is 0 Å². The van der Waals surface area contributed by atoms with Crippen LogP contribution in [0.1, 0.15) is 10.4 Å². The summed E-state index contributed by atoms with van der Waals surface area (Å²) >= 11 is 0. The molecule has 0 amide bonds. The Balaban J connectivity index is 2.21.